The number of aromatic nitrogens is 5. The normalized spacial score (nSPS) is 11.8. The minimum atomic E-state index is -4.06. The minimum Gasteiger partial charge on any atom is -0.283 e. The molecule has 0 atom stereocenters. The highest BCUT2D eigenvalue weighted by molar-refractivity contribution is 6.30. The van der Waals surface area contributed by atoms with Gasteiger partial charge in [-0.15, -0.1) is 0 Å². The van der Waals surface area contributed by atoms with Gasteiger partial charge in [-0.05, 0) is 30.3 Å². The molecule has 0 fully saturated rings. The molecule has 4 rings (SSSR count). The SMILES string of the molecule is Cn1cc2c(F)c(C(F)(F)C(=N)n3nc(-c4cncc(Cl)c4)ccc3=N)ccc2n1. The fourth-order valence-electron chi connectivity index (χ4n) is 2.98. The number of hydrogen-bond donors (Lipinski definition) is 2. The first kappa shape index (κ1) is 19.8. The van der Waals surface area contributed by atoms with Gasteiger partial charge in [0.25, 0.3) is 0 Å². The van der Waals surface area contributed by atoms with Crippen LogP contribution in [0.4, 0.5) is 13.2 Å². The number of rotatable bonds is 3. The molecule has 0 amide bonds. The molecule has 4 aromatic rings. The summed E-state index contributed by atoms with van der Waals surface area (Å²) in [5, 5.41) is 24.1. The average molecular weight is 432 g/mol. The van der Waals surface area contributed by atoms with E-state index in [4.69, 9.17) is 22.4 Å². The number of nitrogens with one attached hydrogen (secondary N) is 2. The Morgan fingerprint density at radius 3 is 2.63 bits per heavy atom. The third-order valence-electron chi connectivity index (χ3n) is 4.42. The number of hydrogen-bond acceptors (Lipinski definition) is 5. The maximum atomic E-state index is 15.1. The molecule has 2 N–H and O–H groups in total. The van der Waals surface area contributed by atoms with Crippen molar-refractivity contribution in [2.24, 2.45) is 7.05 Å². The van der Waals surface area contributed by atoms with Gasteiger partial charge in [0.05, 0.1) is 27.2 Å². The first-order valence-corrected chi connectivity index (χ1v) is 8.91. The van der Waals surface area contributed by atoms with E-state index >= 15 is 8.78 Å². The number of aryl methyl sites for hydroxylation is 1. The van der Waals surface area contributed by atoms with Gasteiger partial charge in [-0.25, -0.2) is 4.39 Å². The highest BCUT2D eigenvalue weighted by atomic mass is 35.5. The molecule has 0 spiro atoms. The standard InChI is InChI=1S/C19H13ClF3N7/c1-29-9-12-15(27-29)3-2-13(17(12)21)19(22,23)18(25)30-16(24)5-4-14(28-30)10-6-11(20)8-26-7-10/h2-9,24-25H,1H3. The number of pyridine rings is 1. The van der Waals surface area contributed by atoms with Gasteiger partial charge < -0.3 is 0 Å². The molecule has 152 valence electrons. The molecule has 0 saturated carbocycles. The number of benzene rings is 1. The summed E-state index contributed by atoms with van der Waals surface area (Å²) in [7, 11) is 1.54. The van der Waals surface area contributed by atoms with Crippen LogP contribution in [0.25, 0.3) is 22.2 Å². The maximum Gasteiger partial charge on any atom is 0.334 e. The van der Waals surface area contributed by atoms with Crippen molar-refractivity contribution in [3.63, 3.8) is 0 Å². The summed E-state index contributed by atoms with van der Waals surface area (Å²) in [6, 6.07) is 6.27. The predicted octanol–water partition coefficient (Wildman–Crippen LogP) is 3.72. The van der Waals surface area contributed by atoms with Crippen molar-refractivity contribution in [1.29, 1.82) is 10.8 Å². The molecule has 0 aliphatic rings. The third kappa shape index (κ3) is 3.24. The van der Waals surface area contributed by atoms with Crippen LogP contribution in [-0.2, 0) is 13.0 Å². The maximum absolute atomic E-state index is 15.1. The highest BCUT2D eigenvalue weighted by Crippen LogP contribution is 2.34. The Labute approximate surface area is 172 Å². The van der Waals surface area contributed by atoms with Crippen molar-refractivity contribution in [3.05, 3.63) is 70.8 Å². The lowest BCUT2D eigenvalue weighted by atomic mass is 10.0. The van der Waals surface area contributed by atoms with Crippen molar-refractivity contribution < 1.29 is 13.2 Å². The summed E-state index contributed by atoms with van der Waals surface area (Å²) < 4.78 is 46.8. The first-order valence-electron chi connectivity index (χ1n) is 8.54. The van der Waals surface area contributed by atoms with Gasteiger partial charge in [0.1, 0.15) is 11.3 Å². The molecule has 0 aliphatic heterocycles. The summed E-state index contributed by atoms with van der Waals surface area (Å²) in [5.41, 5.74) is -0.679. The minimum absolute atomic E-state index is 0.0923. The summed E-state index contributed by atoms with van der Waals surface area (Å²) in [6.07, 6.45) is 4.09. The molecular formula is C19H13ClF3N7. The Balaban J connectivity index is 1.81. The van der Waals surface area contributed by atoms with E-state index in [1.807, 2.05) is 0 Å². The summed E-state index contributed by atoms with van der Waals surface area (Å²) in [4.78, 5) is 3.91. The predicted molar refractivity (Wildman–Crippen MR) is 104 cm³/mol. The number of halogens is 4. The lowest BCUT2D eigenvalue weighted by Crippen LogP contribution is -2.40. The van der Waals surface area contributed by atoms with E-state index in [2.05, 4.69) is 15.2 Å². The van der Waals surface area contributed by atoms with Crippen LogP contribution in [0, 0.1) is 16.6 Å². The molecule has 0 radical (unpaired) electrons. The van der Waals surface area contributed by atoms with E-state index in [-0.39, 0.29) is 16.6 Å². The topological polar surface area (TPSA) is 96.2 Å². The molecule has 30 heavy (non-hydrogen) atoms. The molecule has 7 nitrogen and oxygen atoms in total. The van der Waals surface area contributed by atoms with Crippen LogP contribution < -0.4 is 5.49 Å². The number of alkyl halides is 2. The second-order valence-corrected chi connectivity index (χ2v) is 6.93. The van der Waals surface area contributed by atoms with E-state index in [0.717, 1.165) is 6.07 Å². The van der Waals surface area contributed by atoms with Crippen LogP contribution in [0.1, 0.15) is 5.56 Å². The lowest BCUT2D eigenvalue weighted by molar-refractivity contribution is 0.0657. The second-order valence-electron chi connectivity index (χ2n) is 6.49. The fraction of sp³-hybridized carbons (Fsp3) is 0.105. The third-order valence-corrected chi connectivity index (χ3v) is 4.63. The Bertz CT molecular complexity index is 1360. The van der Waals surface area contributed by atoms with E-state index in [1.54, 1.807) is 7.05 Å². The monoisotopic (exact) mass is 431 g/mol. The van der Waals surface area contributed by atoms with Gasteiger partial charge in [0.15, 0.2) is 5.84 Å². The van der Waals surface area contributed by atoms with Gasteiger partial charge in [-0.2, -0.15) is 23.7 Å². The van der Waals surface area contributed by atoms with E-state index in [9.17, 15) is 4.39 Å². The van der Waals surface area contributed by atoms with Crippen LogP contribution in [-0.4, -0.2) is 30.4 Å². The van der Waals surface area contributed by atoms with Gasteiger partial charge in [-0.1, -0.05) is 11.6 Å². The van der Waals surface area contributed by atoms with Crippen molar-refractivity contribution in [3.8, 4) is 11.3 Å². The van der Waals surface area contributed by atoms with Crippen LogP contribution >= 0.6 is 11.6 Å². The molecule has 0 unspecified atom stereocenters. The second kappa shape index (κ2) is 7.06. The quantitative estimate of drug-likeness (QED) is 0.382. The molecule has 0 saturated heterocycles. The van der Waals surface area contributed by atoms with Crippen molar-refractivity contribution >= 4 is 28.3 Å². The fourth-order valence-corrected chi connectivity index (χ4v) is 3.16. The van der Waals surface area contributed by atoms with Crippen LogP contribution in [0.5, 0.6) is 0 Å². The zero-order valence-corrected chi connectivity index (χ0v) is 16.1. The zero-order valence-electron chi connectivity index (χ0n) is 15.4. The van der Waals surface area contributed by atoms with Gasteiger partial charge >= 0.3 is 5.92 Å². The Morgan fingerprint density at radius 2 is 1.90 bits per heavy atom. The first-order chi connectivity index (χ1) is 14.2. The average Bonchev–Trinajstić information content (AvgIpc) is 3.09. The summed E-state index contributed by atoms with van der Waals surface area (Å²) in [6.45, 7) is 0. The van der Waals surface area contributed by atoms with Crippen LogP contribution in [0.15, 0.2) is 48.9 Å². The number of nitrogens with zero attached hydrogens (tertiary/aromatic N) is 5. The molecule has 1 aromatic carbocycles. The van der Waals surface area contributed by atoms with Gasteiger partial charge in [0.2, 0.25) is 0 Å². The zero-order chi connectivity index (χ0) is 21.6. The Morgan fingerprint density at radius 1 is 1.13 bits per heavy atom. The largest absolute Gasteiger partial charge is 0.334 e. The van der Waals surface area contributed by atoms with E-state index < -0.39 is 28.6 Å². The molecule has 11 heteroatoms. The molecular weight excluding hydrogens is 419 g/mol. The van der Waals surface area contributed by atoms with Crippen LogP contribution in [0.2, 0.25) is 5.02 Å². The smallest absolute Gasteiger partial charge is 0.283 e. The molecule has 0 bridgehead atoms. The van der Waals surface area contributed by atoms with Crippen LogP contribution in [0.3, 0.4) is 0 Å². The lowest BCUT2D eigenvalue weighted by Gasteiger charge is -2.20. The van der Waals surface area contributed by atoms with E-state index in [0.29, 0.717) is 15.3 Å². The highest BCUT2D eigenvalue weighted by Gasteiger charge is 2.42. The Kier molecular flexibility index (Phi) is 4.65. The molecule has 3 heterocycles. The van der Waals surface area contributed by atoms with Crippen molar-refractivity contribution in [2.75, 3.05) is 0 Å². The molecule has 0 aliphatic carbocycles. The Hall–Kier alpha value is -3.53. The number of fused-ring (bicyclic) bond motifs is 1. The van der Waals surface area contributed by atoms with Gasteiger partial charge in [-0.3, -0.25) is 20.5 Å². The van der Waals surface area contributed by atoms with Gasteiger partial charge in [0, 0.05) is 31.2 Å². The summed E-state index contributed by atoms with van der Waals surface area (Å²) in [5.74, 6) is -6.61. The van der Waals surface area contributed by atoms with Crippen molar-refractivity contribution in [1.82, 2.24) is 24.5 Å². The summed E-state index contributed by atoms with van der Waals surface area (Å²) >= 11 is 5.90. The van der Waals surface area contributed by atoms with E-state index in [1.165, 1.54) is 47.5 Å². The van der Waals surface area contributed by atoms with Crippen molar-refractivity contribution in [2.45, 2.75) is 5.92 Å². The molecule has 3 aromatic heterocycles.